The average Bonchev–Trinajstić information content (AvgIpc) is 3.65. The van der Waals surface area contributed by atoms with E-state index < -0.39 is 53.4 Å². The summed E-state index contributed by atoms with van der Waals surface area (Å²) in [7, 11) is 0. The number of alkyl carbamates (subject to hydrolysis) is 1. The number of benzene rings is 4. The molecule has 1 saturated carbocycles. The number of hydrogen-bond acceptors (Lipinski definition) is 10. The molecule has 4 aromatic rings. The Kier molecular flexibility index (Phi) is 19.0. The molecule has 5 amide bonds. The van der Waals surface area contributed by atoms with Crippen LogP contribution >= 0.6 is 0 Å². The minimum atomic E-state index is -1.18. The molecule has 0 aromatic heterocycles. The lowest BCUT2D eigenvalue weighted by molar-refractivity contribution is -0.158. The summed E-state index contributed by atoms with van der Waals surface area (Å²) in [6, 6.07) is 26.7. The molecule has 6 rings (SSSR count). The Morgan fingerprint density at radius 3 is 1.89 bits per heavy atom. The number of amides is 5. The fraction of sp³-hybridized carbons (Fsp3) is 0.491. The molecule has 2 aliphatic rings. The molecule has 4 aromatic carbocycles. The number of rotatable bonds is 21. The normalized spacial score (nSPS) is 16.7. The fourth-order valence-corrected chi connectivity index (χ4v) is 9.43. The summed E-state index contributed by atoms with van der Waals surface area (Å²) in [6.07, 6.45) is 3.48. The van der Waals surface area contributed by atoms with Gasteiger partial charge in [-0.15, -0.1) is 0 Å². The van der Waals surface area contributed by atoms with Crippen LogP contribution in [0.2, 0.25) is 0 Å². The molecule has 0 bridgehead atoms. The second-order valence-corrected chi connectivity index (χ2v) is 21.1. The number of urea groups is 1. The summed E-state index contributed by atoms with van der Waals surface area (Å²) in [6.45, 7) is 12.6. The van der Waals surface area contributed by atoms with Crippen LogP contribution in [0.4, 0.5) is 9.59 Å². The molecule has 0 saturated heterocycles. The van der Waals surface area contributed by atoms with Crippen molar-refractivity contribution in [2.24, 2.45) is 11.8 Å². The number of carbonyl (C=O) groups is 7. The largest absolute Gasteiger partial charge is 0.460 e. The highest BCUT2D eigenvalue weighted by Crippen LogP contribution is 2.44. The van der Waals surface area contributed by atoms with Gasteiger partial charge in [0.25, 0.3) is 0 Å². The molecule has 1 unspecified atom stereocenters. The van der Waals surface area contributed by atoms with E-state index in [-0.39, 0.29) is 74.2 Å². The van der Waals surface area contributed by atoms with Gasteiger partial charge >= 0.3 is 24.1 Å². The van der Waals surface area contributed by atoms with Crippen LogP contribution in [0, 0.1) is 11.8 Å². The highest BCUT2D eigenvalue weighted by Gasteiger charge is 2.33. The molecule has 3 atom stereocenters. The number of hydrogen-bond donors (Lipinski definition) is 5. The van der Waals surface area contributed by atoms with Gasteiger partial charge in [-0.2, -0.15) is 0 Å². The van der Waals surface area contributed by atoms with E-state index in [1.54, 1.807) is 41.5 Å². The van der Waals surface area contributed by atoms with Crippen LogP contribution in [0.3, 0.4) is 0 Å². The number of esters is 2. The van der Waals surface area contributed by atoms with Crippen LogP contribution in [0.1, 0.15) is 129 Å². The van der Waals surface area contributed by atoms with Gasteiger partial charge in [0.15, 0.2) is 5.78 Å². The number of nitrogens with one attached hydrogen (secondary N) is 5. The van der Waals surface area contributed by atoms with E-state index in [9.17, 15) is 33.6 Å². The summed E-state index contributed by atoms with van der Waals surface area (Å²) >= 11 is 0. The maximum absolute atomic E-state index is 13.9. The van der Waals surface area contributed by atoms with Crippen molar-refractivity contribution in [2.45, 2.75) is 148 Å². The first-order valence-electron chi connectivity index (χ1n) is 25.4. The Morgan fingerprint density at radius 2 is 1.25 bits per heavy atom. The molecule has 0 aliphatic heterocycles. The fourth-order valence-electron chi connectivity index (χ4n) is 9.43. The van der Waals surface area contributed by atoms with E-state index in [2.05, 4.69) is 50.8 Å². The number of ether oxygens (including phenoxy) is 3. The zero-order valence-electron chi connectivity index (χ0n) is 42.9. The first-order valence-corrected chi connectivity index (χ1v) is 25.4. The number of ketones is 1. The van der Waals surface area contributed by atoms with Crippen molar-refractivity contribution in [3.63, 3.8) is 0 Å². The molecule has 0 spiro atoms. The van der Waals surface area contributed by atoms with Gasteiger partial charge in [-0.05, 0) is 144 Å². The van der Waals surface area contributed by atoms with Crippen molar-refractivity contribution in [2.75, 3.05) is 19.7 Å². The third-order valence-corrected chi connectivity index (χ3v) is 13.1. The maximum Gasteiger partial charge on any atom is 0.407 e. The van der Waals surface area contributed by atoms with Crippen molar-refractivity contribution in [3.05, 3.63) is 108 Å². The van der Waals surface area contributed by atoms with E-state index in [4.69, 9.17) is 14.2 Å². The monoisotopic (exact) mass is 988 g/mol. The second-order valence-electron chi connectivity index (χ2n) is 21.1. The van der Waals surface area contributed by atoms with Crippen molar-refractivity contribution in [1.82, 2.24) is 26.6 Å². The minimum Gasteiger partial charge on any atom is -0.460 e. The Morgan fingerprint density at radius 1 is 0.639 bits per heavy atom. The van der Waals surface area contributed by atoms with Gasteiger partial charge in [-0.1, -0.05) is 91.0 Å². The number of fused-ring (bicyclic) bond motifs is 4. The lowest BCUT2D eigenvalue weighted by Gasteiger charge is -2.29. The van der Waals surface area contributed by atoms with Crippen molar-refractivity contribution < 1.29 is 47.8 Å². The molecule has 386 valence electrons. The van der Waals surface area contributed by atoms with E-state index >= 15 is 0 Å². The van der Waals surface area contributed by atoms with Crippen LogP contribution in [-0.2, 0) is 44.6 Å². The SMILES string of the molecule is CC(=O)[C@H](CCCCNC(=O)C(Cc1ccc2ccccc2c1)NC(=O)C1CCC(CNC(=O)OCC2c3ccccc3-c3ccccc32)CC1)NC(=O)N[C@@H](CCC(=O)OC(C)(C)C)C(=O)OC(C)(C)C. The standard InChI is InChI=1S/C57H73N5O10/c1-36(63)47(61-54(68)62-48(53(67)72-57(5,6)7)29-30-50(64)71-56(2,3)4)22-14-15-31-58-52(66)49(33-38-25-26-39-16-8-9-17-41(39)32-38)60-51(65)40-27-23-37(24-28-40)34-59-55(69)70-35-46-44-20-12-10-18-42(44)43-19-11-13-21-45(43)46/h8-13,16-21,25-26,32,37,40,46-49H,14-15,22-24,27-31,33-35H2,1-7H3,(H,58,66)(H,59,69)(H,60,65)(H2,61,62,68)/t37?,40?,47-,48-,49?/m0/s1. The molecule has 15 heteroatoms. The minimum absolute atomic E-state index is 0.0277. The third kappa shape index (κ3) is 16.4. The first-order chi connectivity index (χ1) is 34.2. The van der Waals surface area contributed by atoms with Gasteiger partial charge in [0.05, 0.1) is 6.04 Å². The van der Waals surface area contributed by atoms with E-state index in [0.717, 1.165) is 40.3 Å². The molecular formula is C57H73N5O10. The Labute approximate surface area is 423 Å². The van der Waals surface area contributed by atoms with Gasteiger partial charge in [0.2, 0.25) is 11.8 Å². The van der Waals surface area contributed by atoms with Crippen LogP contribution in [0.5, 0.6) is 0 Å². The van der Waals surface area contributed by atoms with E-state index in [1.807, 2.05) is 66.7 Å². The first kappa shape index (κ1) is 54.6. The van der Waals surface area contributed by atoms with Crippen molar-refractivity contribution >= 4 is 52.4 Å². The molecule has 0 radical (unpaired) electrons. The summed E-state index contributed by atoms with van der Waals surface area (Å²) in [4.78, 5) is 92.0. The quantitative estimate of drug-likeness (QED) is 0.0305. The van der Waals surface area contributed by atoms with Crippen LogP contribution in [0.15, 0.2) is 91.0 Å². The Bertz CT molecular complexity index is 2510. The predicted octanol–water partition coefficient (Wildman–Crippen LogP) is 8.59. The lowest BCUT2D eigenvalue weighted by Crippen LogP contribution is -2.52. The van der Waals surface area contributed by atoms with E-state index in [1.165, 1.54) is 18.1 Å². The predicted molar refractivity (Wildman–Crippen MR) is 276 cm³/mol. The second kappa shape index (κ2) is 25.1. The van der Waals surface area contributed by atoms with Crippen LogP contribution in [-0.4, -0.2) is 90.7 Å². The molecular weight excluding hydrogens is 915 g/mol. The molecule has 2 aliphatic carbocycles. The average molecular weight is 988 g/mol. The molecule has 5 N–H and O–H groups in total. The zero-order chi connectivity index (χ0) is 52.0. The highest BCUT2D eigenvalue weighted by atomic mass is 16.6. The highest BCUT2D eigenvalue weighted by molar-refractivity contribution is 5.90. The summed E-state index contributed by atoms with van der Waals surface area (Å²) in [5, 5.41) is 16.3. The summed E-state index contributed by atoms with van der Waals surface area (Å²) in [5.41, 5.74) is 3.95. The van der Waals surface area contributed by atoms with Gasteiger partial charge in [-0.3, -0.25) is 19.2 Å². The number of Topliss-reactive ketones (excluding diaryl/α,β-unsaturated/α-hetero) is 1. The smallest absolute Gasteiger partial charge is 0.407 e. The molecule has 72 heavy (non-hydrogen) atoms. The van der Waals surface area contributed by atoms with Gasteiger partial charge in [0, 0.05) is 37.8 Å². The maximum atomic E-state index is 13.9. The van der Waals surface area contributed by atoms with Crippen LogP contribution in [0.25, 0.3) is 21.9 Å². The van der Waals surface area contributed by atoms with E-state index in [0.29, 0.717) is 32.2 Å². The van der Waals surface area contributed by atoms with Crippen molar-refractivity contribution in [1.29, 1.82) is 0 Å². The van der Waals surface area contributed by atoms with Gasteiger partial charge < -0.3 is 40.8 Å². The lowest BCUT2D eigenvalue weighted by atomic mass is 9.81. The topological polar surface area (TPSA) is 207 Å². The van der Waals surface area contributed by atoms with Gasteiger partial charge in [-0.25, -0.2) is 14.4 Å². The van der Waals surface area contributed by atoms with Gasteiger partial charge in [0.1, 0.15) is 29.9 Å². The van der Waals surface area contributed by atoms with Crippen molar-refractivity contribution in [3.8, 4) is 11.1 Å². The Balaban J connectivity index is 0.969. The third-order valence-electron chi connectivity index (χ3n) is 13.1. The molecule has 1 fully saturated rings. The summed E-state index contributed by atoms with van der Waals surface area (Å²) < 4.78 is 16.6. The molecule has 0 heterocycles. The van der Waals surface area contributed by atoms with Crippen LogP contribution < -0.4 is 26.6 Å². The molecule has 15 nitrogen and oxygen atoms in total. The number of carbonyl (C=O) groups excluding carboxylic acids is 7. The zero-order valence-corrected chi connectivity index (χ0v) is 42.9. The number of unbranched alkanes of at least 4 members (excludes halogenated alkanes) is 1. The summed E-state index contributed by atoms with van der Waals surface area (Å²) in [5.74, 6) is -2.21. The Hall–Kier alpha value is -6.77.